The van der Waals surface area contributed by atoms with Gasteiger partial charge in [0.15, 0.2) is 0 Å². The summed E-state index contributed by atoms with van der Waals surface area (Å²) in [6.45, 7) is 5.13. The third-order valence-electron chi connectivity index (χ3n) is 4.75. The van der Waals surface area contributed by atoms with E-state index in [1.54, 1.807) is 0 Å². The fourth-order valence-corrected chi connectivity index (χ4v) is 3.30. The van der Waals surface area contributed by atoms with Gasteiger partial charge in [-0.05, 0) is 48.2 Å². The first kappa shape index (κ1) is 16.3. The number of benzene rings is 3. The number of hydrogen-bond acceptors (Lipinski definition) is 1. The molecule has 128 valence electrons. The van der Waals surface area contributed by atoms with E-state index in [2.05, 4.69) is 97.3 Å². The van der Waals surface area contributed by atoms with Crippen LogP contribution in [-0.2, 0) is 6.54 Å². The van der Waals surface area contributed by atoms with Gasteiger partial charge in [-0.2, -0.15) is 4.57 Å². The lowest BCUT2D eigenvalue weighted by molar-refractivity contribution is -0.674. The molecule has 0 fully saturated rings. The highest BCUT2D eigenvalue weighted by Gasteiger charge is 2.19. The zero-order valence-electron chi connectivity index (χ0n) is 15.1. The van der Waals surface area contributed by atoms with Crippen LogP contribution in [0.1, 0.15) is 23.9 Å². The monoisotopic (exact) mass is 340 g/mol. The number of fused-ring (bicyclic) bond motifs is 1. The van der Waals surface area contributed by atoms with E-state index in [1.165, 1.54) is 22.3 Å². The van der Waals surface area contributed by atoms with E-state index in [0.29, 0.717) is 0 Å². The van der Waals surface area contributed by atoms with Crippen molar-refractivity contribution in [2.75, 3.05) is 0 Å². The number of hydrogen-bond donors (Lipinski definition) is 0. The lowest BCUT2D eigenvalue weighted by atomic mass is 10.1. The third-order valence-corrected chi connectivity index (χ3v) is 4.75. The molecule has 1 aromatic heterocycles. The average Bonchev–Trinajstić information content (AvgIpc) is 3.04. The summed E-state index contributed by atoms with van der Waals surface area (Å²) in [6.07, 6.45) is 4.19. The molecule has 0 aliphatic carbocycles. The Balaban J connectivity index is 1.78. The van der Waals surface area contributed by atoms with Crippen LogP contribution in [0.5, 0.6) is 0 Å². The molecule has 1 heterocycles. The summed E-state index contributed by atoms with van der Waals surface area (Å²) < 4.78 is 8.34. The van der Waals surface area contributed by atoms with E-state index in [1.807, 2.05) is 6.07 Å². The van der Waals surface area contributed by atoms with Gasteiger partial charge in [0.25, 0.3) is 5.52 Å². The summed E-state index contributed by atoms with van der Waals surface area (Å²) in [5.41, 5.74) is 6.93. The zero-order chi connectivity index (χ0) is 17.9. The van der Waals surface area contributed by atoms with Gasteiger partial charge < -0.3 is 4.42 Å². The van der Waals surface area contributed by atoms with E-state index in [0.717, 1.165) is 23.5 Å². The van der Waals surface area contributed by atoms with Gasteiger partial charge in [0.1, 0.15) is 6.54 Å². The summed E-state index contributed by atoms with van der Waals surface area (Å²) in [5.74, 6) is 0.871. The molecule has 0 bridgehead atoms. The molecule has 2 nitrogen and oxygen atoms in total. The van der Waals surface area contributed by atoms with Crippen LogP contribution < -0.4 is 4.57 Å². The van der Waals surface area contributed by atoms with Crippen molar-refractivity contribution in [1.82, 2.24) is 0 Å². The standard InChI is InChI=1S/C24H22NO/c1-3-25-22-17-21(20-11-5-4-6-12-20)13-15-23(22)26-24(25)16-14-19-10-8-7-9-18(19)2/h4-17H,3H2,1-2H3/q+1. The van der Waals surface area contributed by atoms with Crippen molar-refractivity contribution in [2.24, 2.45) is 0 Å². The molecule has 3 aromatic carbocycles. The molecule has 0 saturated heterocycles. The topological polar surface area (TPSA) is 17.0 Å². The number of nitrogens with zero attached hydrogens (tertiary/aromatic N) is 1. The minimum absolute atomic E-state index is 0.860. The highest BCUT2D eigenvalue weighted by molar-refractivity contribution is 5.79. The zero-order valence-corrected chi connectivity index (χ0v) is 15.1. The van der Waals surface area contributed by atoms with Crippen LogP contribution in [-0.4, -0.2) is 0 Å². The molecule has 0 N–H and O–H groups in total. The average molecular weight is 340 g/mol. The SMILES string of the molecule is CC[n+]1c(C=Cc2ccccc2C)oc2ccc(-c3ccccc3)cc21. The van der Waals surface area contributed by atoms with Crippen molar-refractivity contribution in [3.63, 3.8) is 0 Å². The Morgan fingerprint density at radius 1 is 0.846 bits per heavy atom. The van der Waals surface area contributed by atoms with Gasteiger partial charge in [-0.25, -0.2) is 0 Å². The summed E-state index contributed by atoms with van der Waals surface area (Å²) >= 11 is 0. The molecule has 4 rings (SSSR count). The Kier molecular flexibility index (Phi) is 4.40. The van der Waals surface area contributed by atoms with Gasteiger partial charge in [-0.1, -0.05) is 60.7 Å². The maximum atomic E-state index is 6.12. The Labute approximate surface area is 154 Å². The van der Waals surface area contributed by atoms with E-state index in [4.69, 9.17) is 4.42 Å². The highest BCUT2D eigenvalue weighted by Crippen LogP contribution is 2.24. The smallest absolute Gasteiger partial charge is 0.374 e. The highest BCUT2D eigenvalue weighted by atomic mass is 16.3. The van der Waals surface area contributed by atoms with Crippen LogP contribution in [0.3, 0.4) is 0 Å². The molecule has 0 spiro atoms. The minimum Gasteiger partial charge on any atom is -0.398 e. The van der Waals surface area contributed by atoms with E-state index >= 15 is 0 Å². The molecule has 0 aliphatic heterocycles. The molecule has 0 atom stereocenters. The summed E-state index contributed by atoms with van der Waals surface area (Å²) in [4.78, 5) is 0. The lowest BCUT2D eigenvalue weighted by Crippen LogP contribution is -2.33. The number of oxazole rings is 1. The Morgan fingerprint density at radius 2 is 1.62 bits per heavy atom. The summed E-state index contributed by atoms with van der Waals surface area (Å²) in [5, 5.41) is 0. The van der Waals surface area contributed by atoms with Crippen molar-refractivity contribution >= 4 is 23.3 Å². The van der Waals surface area contributed by atoms with Gasteiger partial charge in [0, 0.05) is 6.07 Å². The van der Waals surface area contributed by atoms with E-state index < -0.39 is 0 Å². The van der Waals surface area contributed by atoms with E-state index in [9.17, 15) is 0 Å². The maximum absolute atomic E-state index is 6.12. The van der Waals surface area contributed by atoms with Crippen LogP contribution >= 0.6 is 0 Å². The van der Waals surface area contributed by atoms with Gasteiger partial charge >= 0.3 is 5.89 Å². The molecule has 0 aliphatic rings. The molecule has 2 heteroatoms. The fraction of sp³-hybridized carbons (Fsp3) is 0.125. The van der Waals surface area contributed by atoms with Crippen molar-refractivity contribution in [3.8, 4) is 11.1 Å². The lowest BCUT2D eigenvalue weighted by Gasteiger charge is -1.99. The maximum Gasteiger partial charge on any atom is 0.374 e. The quantitative estimate of drug-likeness (QED) is 0.424. The van der Waals surface area contributed by atoms with Crippen molar-refractivity contribution in [3.05, 3.63) is 89.8 Å². The molecule has 4 aromatic rings. The first-order valence-corrected chi connectivity index (χ1v) is 9.02. The molecule has 0 unspecified atom stereocenters. The van der Waals surface area contributed by atoms with Crippen LogP contribution in [0.15, 0.2) is 77.2 Å². The summed E-state index contributed by atoms with van der Waals surface area (Å²) in [7, 11) is 0. The first-order valence-electron chi connectivity index (χ1n) is 9.02. The van der Waals surface area contributed by atoms with Gasteiger partial charge in [-0.15, -0.1) is 0 Å². The minimum atomic E-state index is 0.860. The molecule has 0 amide bonds. The van der Waals surface area contributed by atoms with Crippen LogP contribution in [0.2, 0.25) is 0 Å². The molecule has 0 saturated carbocycles. The van der Waals surface area contributed by atoms with Crippen molar-refractivity contribution in [1.29, 1.82) is 0 Å². The van der Waals surface area contributed by atoms with Gasteiger partial charge in [0.2, 0.25) is 5.58 Å². The number of aromatic nitrogens is 1. The molecule has 0 radical (unpaired) electrons. The Morgan fingerprint density at radius 3 is 2.38 bits per heavy atom. The molecular weight excluding hydrogens is 318 g/mol. The second-order valence-electron chi connectivity index (χ2n) is 6.42. The normalized spacial score (nSPS) is 11.5. The van der Waals surface area contributed by atoms with Gasteiger partial charge in [0.05, 0.1) is 6.08 Å². The number of aryl methyl sites for hydroxylation is 2. The second-order valence-corrected chi connectivity index (χ2v) is 6.42. The Hall–Kier alpha value is -3.13. The van der Waals surface area contributed by atoms with Gasteiger partial charge in [-0.3, -0.25) is 0 Å². The molecular formula is C24H22NO+. The predicted octanol–water partition coefficient (Wildman–Crippen LogP) is 5.89. The van der Waals surface area contributed by atoms with E-state index in [-0.39, 0.29) is 0 Å². The van der Waals surface area contributed by atoms with Crippen LogP contribution in [0.25, 0.3) is 34.4 Å². The van der Waals surface area contributed by atoms with Crippen LogP contribution in [0, 0.1) is 6.92 Å². The predicted molar refractivity (Wildman–Crippen MR) is 108 cm³/mol. The van der Waals surface area contributed by atoms with Crippen molar-refractivity contribution < 1.29 is 8.98 Å². The largest absolute Gasteiger partial charge is 0.398 e. The van der Waals surface area contributed by atoms with Crippen molar-refractivity contribution in [2.45, 2.75) is 20.4 Å². The fourth-order valence-electron chi connectivity index (χ4n) is 3.30. The number of rotatable bonds is 4. The molecule has 26 heavy (non-hydrogen) atoms. The first-order chi connectivity index (χ1) is 12.8. The second kappa shape index (κ2) is 7.01. The van der Waals surface area contributed by atoms with Crippen LogP contribution in [0.4, 0.5) is 0 Å². The third kappa shape index (κ3) is 3.06. The summed E-state index contributed by atoms with van der Waals surface area (Å²) in [6, 6.07) is 25.2. The Bertz CT molecular complexity index is 1070.